The van der Waals surface area contributed by atoms with Gasteiger partial charge < -0.3 is 5.32 Å². The molecule has 158 valence electrons. The van der Waals surface area contributed by atoms with Crippen LogP contribution in [0.1, 0.15) is 17.8 Å². The second kappa shape index (κ2) is 9.14. The number of carbonyl (C=O) groups is 1. The average molecular weight is 514 g/mol. The molecule has 4 rings (SSSR count). The first-order valence-electron chi connectivity index (χ1n) is 8.90. The number of hydrogen-bond donors (Lipinski definition) is 1. The van der Waals surface area contributed by atoms with Gasteiger partial charge in [-0.2, -0.15) is 0 Å². The quantitative estimate of drug-likeness (QED) is 0.412. The number of aryl methyl sites for hydroxylation is 1. The molecule has 11 heteroatoms. The van der Waals surface area contributed by atoms with E-state index in [1.165, 1.54) is 15.7 Å². The standard InChI is InChI=1S/C20H12Cl4N4O2S/c21-12-3-1-10(7-14(12)23)8-16-19(30)28-17(26-27-20(28)31-16)5-6-18(29)25-11-2-4-13(22)15(24)9-11/h1-4,7-9H,5-6H2,(H,25,29)/b16-8-. The van der Waals surface area contributed by atoms with Crippen molar-refractivity contribution >= 4 is 80.4 Å². The maximum absolute atomic E-state index is 12.8. The van der Waals surface area contributed by atoms with Crippen molar-refractivity contribution in [3.63, 3.8) is 0 Å². The second-order valence-electron chi connectivity index (χ2n) is 6.50. The fraction of sp³-hybridized carbons (Fsp3) is 0.100. The van der Waals surface area contributed by atoms with Crippen molar-refractivity contribution < 1.29 is 4.79 Å². The van der Waals surface area contributed by atoms with Crippen molar-refractivity contribution in [2.24, 2.45) is 0 Å². The molecule has 0 saturated heterocycles. The first-order chi connectivity index (χ1) is 14.8. The highest BCUT2D eigenvalue weighted by molar-refractivity contribution is 7.15. The van der Waals surface area contributed by atoms with E-state index in [0.29, 0.717) is 41.1 Å². The number of nitrogens with one attached hydrogen (secondary N) is 1. The van der Waals surface area contributed by atoms with Crippen molar-refractivity contribution in [1.82, 2.24) is 14.6 Å². The summed E-state index contributed by atoms with van der Waals surface area (Å²) in [5, 5.41) is 12.4. The van der Waals surface area contributed by atoms with Crippen LogP contribution in [0.3, 0.4) is 0 Å². The van der Waals surface area contributed by atoms with Crippen LogP contribution in [0.25, 0.3) is 11.0 Å². The number of thiazole rings is 1. The van der Waals surface area contributed by atoms with Gasteiger partial charge in [0.25, 0.3) is 5.56 Å². The van der Waals surface area contributed by atoms with Gasteiger partial charge in [0, 0.05) is 18.5 Å². The van der Waals surface area contributed by atoms with Gasteiger partial charge in [0.15, 0.2) is 0 Å². The lowest BCUT2D eigenvalue weighted by Gasteiger charge is -2.05. The molecule has 31 heavy (non-hydrogen) atoms. The Bertz CT molecular complexity index is 1420. The predicted octanol–water partition coefficient (Wildman–Crippen LogP) is 4.88. The molecule has 0 aliphatic carbocycles. The minimum Gasteiger partial charge on any atom is -0.326 e. The van der Waals surface area contributed by atoms with E-state index in [1.54, 1.807) is 42.5 Å². The summed E-state index contributed by atoms with van der Waals surface area (Å²) in [6, 6.07) is 9.93. The molecule has 2 aromatic carbocycles. The molecule has 4 aromatic rings. The summed E-state index contributed by atoms with van der Waals surface area (Å²) in [7, 11) is 0. The lowest BCUT2D eigenvalue weighted by atomic mass is 10.2. The average Bonchev–Trinajstić information content (AvgIpc) is 3.26. The van der Waals surface area contributed by atoms with E-state index >= 15 is 0 Å². The second-order valence-corrected chi connectivity index (χ2v) is 9.14. The summed E-state index contributed by atoms with van der Waals surface area (Å²) in [6.07, 6.45) is 2.07. The summed E-state index contributed by atoms with van der Waals surface area (Å²) in [6.45, 7) is 0. The summed E-state index contributed by atoms with van der Waals surface area (Å²) in [4.78, 5) is 25.6. The zero-order chi connectivity index (χ0) is 22.1. The Morgan fingerprint density at radius 1 is 1.00 bits per heavy atom. The molecule has 2 heterocycles. The van der Waals surface area contributed by atoms with Crippen LogP contribution in [0, 0.1) is 0 Å². The lowest BCUT2D eigenvalue weighted by Crippen LogP contribution is -2.24. The van der Waals surface area contributed by atoms with Crippen LogP contribution in [-0.2, 0) is 11.2 Å². The maximum Gasteiger partial charge on any atom is 0.275 e. The van der Waals surface area contributed by atoms with Gasteiger partial charge in [-0.1, -0.05) is 63.8 Å². The Balaban J connectivity index is 1.53. The van der Waals surface area contributed by atoms with Gasteiger partial charge in [-0.3, -0.25) is 9.59 Å². The van der Waals surface area contributed by atoms with Crippen molar-refractivity contribution in [2.75, 3.05) is 5.32 Å². The minimum atomic E-state index is -0.254. The van der Waals surface area contributed by atoms with Gasteiger partial charge in [-0.15, -0.1) is 10.2 Å². The highest BCUT2D eigenvalue weighted by Crippen LogP contribution is 2.25. The SMILES string of the molecule is O=C(CCc1nnc2s/c(=C\c3ccc(Cl)c(Cl)c3)c(=O)n12)Nc1ccc(Cl)c(Cl)c1. The third-order valence-corrected chi connectivity index (χ3v) is 6.77. The summed E-state index contributed by atoms with van der Waals surface area (Å²) in [5.41, 5.74) is 1.02. The van der Waals surface area contributed by atoms with Crippen LogP contribution < -0.4 is 15.4 Å². The summed E-state index contributed by atoms with van der Waals surface area (Å²) >= 11 is 25.0. The van der Waals surface area contributed by atoms with Crippen LogP contribution in [0.5, 0.6) is 0 Å². The Hall–Kier alpha value is -2.16. The highest BCUT2D eigenvalue weighted by atomic mass is 35.5. The number of amides is 1. The maximum atomic E-state index is 12.8. The predicted molar refractivity (Wildman–Crippen MR) is 126 cm³/mol. The fourth-order valence-corrected chi connectivity index (χ4v) is 4.39. The van der Waals surface area contributed by atoms with E-state index in [1.807, 2.05) is 0 Å². The van der Waals surface area contributed by atoms with E-state index < -0.39 is 0 Å². The Labute approximate surface area is 200 Å². The molecule has 2 aromatic heterocycles. The first kappa shape index (κ1) is 22.0. The van der Waals surface area contributed by atoms with Gasteiger partial charge in [-0.25, -0.2) is 4.40 Å². The van der Waals surface area contributed by atoms with Crippen molar-refractivity contribution in [2.45, 2.75) is 12.8 Å². The molecule has 1 amide bonds. The molecule has 0 saturated carbocycles. The number of anilines is 1. The van der Waals surface area contributed by atoms with E-state index in [-0.39, 0.29) is 24.3 Å². The number of nitrogens with zero attached hydrogens (tertiary/aromatic N) is 3. The van der Waals surface area contributed by atoms with Crippen molar-refractivity contribution in [3.05, 3.63) is 82.8 Å². The number of benzene rings is 2. The third kappa shape index (κ3) is 4.86. The number of hydrogen-bond acceptors (Lipinski definition) is 5. The van der Waals surface area contributed by atoms with Crippen molar-refractivity contribution in [1.29, 1.82) is 0 Å². The van der Waals surface area contributed by atoms with Gasteiger partial charge in [0.1, 0.15) is 5.82 Å². The molecular formula is C20H12Cl4N4O2S. The molecule has 0 aliphatic rings. The van der Waals surface area contributed by atoms with Crippen LogP contribution >= 0.6 is 57.7 Å². The minimum absolute atomic E-state index is 0.113. The number of aromatic nitrogens is 3. The molecule has 0 unspecified atom stereocenters. The smallest absolute Gasteiger partial charge is 0.275 e. The number of halogens is 4. The molecule has 0 aliphatic heterocycles. The van der Waals surface area contributed by atoms with Crippen LogP contribution in [0.4, 0.5) is 5.69 Å². The molecule has 6 nitrogen and oxygen atoms in total. The van der Waals surface area contributed by atoms with Gasteiger partial charge >= 0.3 is 0 Å². The van der Waals surface area contributed by atoms with E-state index in [0.717, 1.165) is 5.56 Å². The van der Waals surface area contributed by atoms with Gasteiger partial charge in [0.2, 0.25) is 10.9 Å². The van der Waals surface area contributed by atoms with Gasteiger partial charge in [-0.05, 0) is 42.0 Å². The summed E-state index contributed by atoms with van der Waals surface area (Å²) < 4.78 is 1.89. The van der Waals surface area contributed by atoms with Gasteiger partial charge in [0.05, 0.1) is 24.6 Å². The molecule has 0 radical (unpaired) electrons. The van der Waals surface area contributed by atoms with Crippen LogP contribution in [-0.4, -0.2) is 20.5 Å². The lowest BCUT2D eigenvalue weighted by molar-refractivity contribution is -0.116. The topological polar surface area (TPSA) is 76.4 Å². The van der Waals surface area contributed by atoms with Crippen molar-refractivity contribution in [3.8, 4) is 0 Å². The summed E-state index contributed by atoms with van der Waals surface area (Å²) in [5.74, 6) is 0.162. The van der Waals surface area contributed by atoms with E-state index in [2.05, 4.69) is 15.5 Å². The molecule has 0 atom stereocenters. The Kier molecular flexibility index (Phi) is 6.50. The zero-order valence-electron chi connectivity index (χ0n) is 15.5. The molecule has 0 fully saturated rings. The Morgan fingerprint density at radius 2 is 1.71 bits per heavy atom. The van der Waals surface area contributed by atoms with Crippen LogP contribution in [0.15, 0.2) is 41.2 Å². The third-order valence-electron chi connectivity index (χ3n) is 4.34. The number of fused-ring (bicyclic) bond motifs is 1. The number of carbonyl (C=O) groups excluding carboxylic acids is 1. The van der Waals surface area contributed by atoms with E-state index in [9.17, 15) is 9.59 Å². The normalized spacial score (nSPS) is 11.9. The Morgan fingerprint density at radius 3 is 2.42 bits per heavy atom. The number of rotatable bonds is 5. The molecule has 0 spiro atoms. The molecular weight excluding hydrogens is 502 g/mol. The molecule has 0 bridgehead atoms. The van der Waals surface area contributed by atoms with E-state index in [4.69, 9.17) is 46.4 Å². The first-order valence-corrected chi connectivity index (χ1v) is 11.2. The molecule has 1 N–H and O–H groups in total. The highest BCUT2D eigenvalue weighted by Gasteiger charge is 2.14. The monoisotopic (exact) mass is 512 g/mol. The zero-order valence-corrected chi connectivity index (χ0v) is 19.4. The fourth-order valence-electron chi connectivity index (χ4n) is 2.85. The largest absolute Gasteiger partial charge is 0.326 e. The van der Waals surface area contributed by atoms with Crippen LogP contribution in [0.2, 0.25) is 20.1 Å².